The van der Waals surface area contributed by atoms with Crippen molar-refractivity contribution in [3.05, 3.63) is 65.2 Å². The van der Waals surface area contributed by atoms with Crippen LogP contribution in [0.5, 0.6) is 11.5 Å². The molecule has 134 valence electrons. The highest BCUT2D eigenvalue weighted by Gasteiger charge is 2.16. The van der Waals surface area contributed by atoms with Crippen LogP contribution in [-0.2, 0) is 0 Å². The van der Waals surface area contributed by atoms with Crippen LogP contribution < -0.4 is 14.8 Å². The molecule has 0 fully saturated rings. The predicted molar refractivity (Wildman–Crippen MR) is 103 cm³/mol. The Morgan fingerprint density at radius 2 is 1.81 bits per heavy atom. The Morgan fingerprint density at radius 1 is 1.08 bits per heavy atom. The van der Waals surface area contributed by atoms with E-state index in [4.69, 9.17) is 9.47 Å². The fourth-order valence-electron chi connectivity index (χ4n) is 2.58. The molecular weight excluding hydrogens is 348 g/mol. The van der Waals surface area contributed by atoms with Crippen LogP contribution in [0.3, 0.4) is 0 Å². The Hall–Kier alpha value is -2.86. The second-order valence-corrected chi connectivity index (χ2v) is 6.57. The summed E-state index contributed by atoms with van der Waals surface area (Å²) in [6.07, 6.45) is 0. The highest BCUT2D eigenvalue weighted by molar-refractivity contribution is 7.13. The van der Waals surface area contributed by atoms with Gasteiger partial charge >= 0.3 is 0 Å². The topological polar surface area (TPSA) is 60.5 Å². The van der Waals surface area contributed by atoms with Gasteiger partial charge in [-0.25, -0.2) is 4.98 Å². The third kappa shape index (κ3) is 3.86. The van der Waals surface area contributed by atoms with Crippen molar-refractivity contribution in [3.63, 3.8) is 0 Å². The average Bonchev–Trinajstić information content (AvgIpc) is 3.18. The van der Waals surface area contributed by atoms with E-state index in [1.54, 1.807) is 19.6 Å². The number of aromatic nitrogens is 1. The summed E-state index contributed by atoms with van der Waals surface area (Å²) in [6.45, 7) is 1.95. The SMILES string of the molecule is COc1ccc(-c2nc(C(=O)N[C@@H](C)c3ccccc3)cs2)cc1OC. The molecule has 1 atom stereocenters. The Morgan fingerprint density at radius 3 is 2.50 bits per heavy atom. The fraction of sp³-hybridized carbons (Fsp3) is 0.200. The summed E-state index contributed by atoms with van der Waals surface area (Å²) >= 11 is 1.42. The van der Waals surface area contributed by atoms with Gasteiger partial charge in [0.25, 0.3) is 5.91 Å². The Bertz CT molecular complexity index is 893. The number of methoxy groups -OCH3 is 2. The van der Waals surface area contributed by atoms with E-state index >= 15 is 0 Å². The average molecular weight is 368 g/mol. The first kappa shape index (κ1) is 17.9. The van der Waals surface area contributed by atoms with Gasteiger partial charge in [-0.05, 0) is 30.7 Å². The smallest absolute Gasteiger partial charge is 0.271 e. The lowest BCUT2D eigenvalue weighted by Gasteiger charge is -2.13. The molecule has 5 nitrogen and oxygen atoms in total. The number of benzene rings is 2. The molecule has 2 aromatic carbocycles. The van der Waals surface area contributed by atoms with Crippen molar-refractivity contribution >= 4 is 17.2 Å². The van der Waals surface area contributed by atoms with Gasteiger partial charge in [0.1, 0.15) is 10.7 Å². The van der Waals surface area contributed by atoms with Crippen molar-refractivity contribution in [1.82, 2.24) is 10.3 Å². The molecule has 0 spiro atoms. The van der Waals surface area contributed by atoms with E-state index in [9.17, 15) is 4.79 Å². The summed E-state index contributed by atoms with van der Waals surface area (Å²) in [4.78, 5) is 17.0. The van der Waals surface area contributed by atoms with Crippen molar-refractivity contribution in [1.29, 1.82) is 0 Å². The van der Waals surface area contributed by atoms with Gasteiger partial charge in [-0.3, -0.25) is 4.79 Å². The van der Waals surface area contributed by atoms with Crippen LogP contribution in [0.4, 0.5) is 0 Å². The maximum absolute atomic E-state index is 12.5. The number of carbonyl (C=O) groups excluding carboxylic acids is 1. The zero-order valence-corrected chi connectivity index (χ0v) is 15.7. The number of carbonyl (C=O) groups is 1. The van der Waals surface area contributed by atoms with E-state index in [1.807, 2.05) is 55.5 Å². The van der Waals surface area contributed by atoms with Crippen LogP contribution in [0.25, 0.3) is 10.6 Å². The van der Waals surface area contributed by atoms with Crippen LogP contribution in [0, 0.1) is 0 Å². The summed E-state index contributed by atoms with van der Waals surface area (Å²) < 4.78 is 10.6. The summed E-state index contributed by atoms with van der Waals surface area (Å²) in [5, 5.41) is 5.49. The first-order valence-corrected chi connectivity index (χ1v) is 9.04. The molecule has 6 heteroatoms. The van der Waals surface area contributed by atoms with E-state index in [2.05, 4.69) is 10.3 Å². The number of ether oxygens (including phenoxy) is 2. The van der Waals surface area contributed by atoms with E-state index < -0.39 is 0 Å². The van der Waals surface area contributed by atoms with E-state index in [0.29, 0.717) is 17.2 Å². The van der Waals surface area contributed by atoms with Crippen LogP contribution in [0.1, 0.15) is 29.0 Å². The third-order valence-corrected chi connectivity index (χ3v) is 4.91. The monoisotopic (exact) mass is 368 g/mol. The molecule has 0 aliphatic rings. The van der Waals surface area contributed by atoms with Crippen LogP contribution >= 0.6 is 11.3 Å². The van der Waals surface area contributed by atoms with E-state index in [0.717, 1.165) is 16.1 Å². The lowest BCUT2D eigenvalue weighted by molar-refractivity contribution is 0.0935. The molecule has 3 aromatic rings. The number of nitrogens with zero attached hydrogens (tertiary/aromatic N) is 1. The number of nitrogens with one attached hydrogen (secondary N) is 1. The van der Waals surface area contributed by atoms with Gasteiger partial charge in [-0.2, -0.15) is 0 Å². The normalized spacial score (nSPS) is 11.7. The number of rotatable bonds is 6. The molecule has 0 aliphatic heterocycles. The summed E-state index contributed by atoms with van der Waals surface area (Å²) in [6, 6.07) is 15.3. The minimum Gasteiger partial charge on any atom is -0.493 e. The molecular formula is C20H20N2O3S. The first-order valence-electron chi connectivity index (χ1n) is 8.16. The molecule has 0 bridgehead atoms. The third-order valence-electron chi connectivity index (χ3n) is 4.01. The number of hydrogen-bond donors (Lipinski definition) is 1. The van der Waals surface area contributed by atoms with E-state index in [-0.39, 0.29) is 11.9 Å². The van der Waals surface area contributed by atoms with Gasteiger partial charge in [-0.1, -0.05) is 30.3 Å². The maximum Gasteiger partial charge on any atom is 0.271 e. The van der Waals surface area contributed by atoms with Crippen molar-refractivity contribution in [2.45, 2.75) is 13.0 Å². The quantitative estimate of drug-likeness (QED) is 0.704. The molecule has 0 radical (unpaired) electrons. The molecule has 3 rings (SSSR count). The lowest BCUT2D eigenvalue weighted by atomic mass is 10.1. The molecule has 0 aliphatic carbocycles. The Kier molecular flexibility index (Phi) is 5.53. The van der Waals surface area contributed by atoms with Crippen molar-refractivity contribution in [2.24, 2.45) is 0 Å². The van der Waals surface area contributed by atoms with Crippen molar-refractivity contribution in [2.75, 3.05) is 14.2 Å². The minimum absolute atomic E-state index is 0.0880. The molecule has 1 amide bonds. The van der Waals surface area contributed by atoms with Crippen LogP contribution in [-0.4, -0.2) is 25.1 Å². The Labute approximate surface area is 156 Å². The number of thiazole rings is 1. The summed E-state index contributed by atoms with van der Waals surface area (Å²) in [5.41, 5.74) is 2.33. The largest absolute Gasteiger partial charge is 0.493 e. The zero-order valence-electron chi connectivity index (χ0n) is 14.9. The molecule has 1 heterocycles. The van der Waals surface area contributed by atoms with Crippen molar-refractivity contribution in [3.8, 4) is 22.1 Å². The highest BCUT2D eigenvalue weighted by atomic mass is 32.1. The van der Waals surface area contributed by atoms with Gasteiger partial charge in [0.05, 0.1) is 20.3 Å². The summed E-state index contributed by atoms with van der Waals surface area (Å²) in [7, 11) is 3.19. The van der Waals surface area contributed by atoms with Gasteiger partial charge < -0.3 is 14.8 Å². The second kappa shape index (κ2) is 8.01. The number of hydrogen-bond acceptors (Lipinski definition) is 5. The molecule has 0 saturated heterocycles. The first-order chi connectivity index (χ1) is 12.6. The van der Waals surface area contributed by atoms with Crippen LogP contribution in [0.2, 0.25) is 0 Å². The molecule has 0 saturated carbocycles. The predicted octanol–water partition coefficient (Wildman–Crippen LogP) is 4.32. The number of amides is 1. The maximum atomic E-state index is 12.5. The highest BCUT2D eigenvalue weighted by Crippen LogP contribution is 2.33. The van der Waals surface area contributed by atoms with Gasteiger partial charge in [-0.15, -0.1) is 11.3 Å². The van der Waals surface area contributed by atoms with Gasteiger partial charge in [0, 0.05) is 10.9 Å². The van der Waals surface area contributed by atoms with E-state index in [1.165, 1.54) is 11.3 Å². The van der Waals surface area contributed by atoms with Crippen LogP contribution in [0.15, 0.2) is 53.9 Å². The molecule has 1 aromatic heterocycles. The zero-order chi connectivity index (χ0) is 18.5. The second-order valence-electron chi connectivity index (χ2n) is 5.71. The standard InChI is InChI=1S/C20H20N2O3S/c1-13(14-7-5-4-6-8-14)21-19(23)16-12-26-20(22-16)15-9-10-17(24-2)18(11-15)25-3/h4-13H,1-3H3,(H,21,23)/t13-/m0/s1. The van der Waals surface area contributed by atoms with Gasteiger partial charge in [0.2, 0.25) is 0 Å². The minimum atomic E-state index is -0.190. The molecule has 0 unspecified atom stereocenters. The lowest BCUT2D eigenvalue weighted by Crippen LogP contribution is -2.26. The molecule has 26 heavy (non-hydrogen) atoms. The van der Waals surface area contributed by atoms with Gasteiger partial charge in [0.15, 0.2) is 11.5 Å². The molecule has 1 N–H and O–H groups in total. The fourth-order valence-corrected chi connectivity index (χ4v) is 3.37. The Balaban J connectivity index is 1.76. The van der Waals surface area contributed by atoms with Crippen molar-refractivity contribution < 1.29 is 14.3 Å². The summed E-state index contributed by atoms with van der Waals surface area (Å²) in [5.74, 6) is 1.09.